The van der Waals surface area contributed by atoms with Gasteiger partial charge in [0.15, 0.2) is 0 Å². The second-order valence-electron chi connectivity index (χ2n) is 4.78. The average Bonchev–Trinajstić information content (AvgIpc) is 3.03. The van der Waals surface area contributed by atoms with Crippen LogP contribution in [0.15, 0.2) is 6.20 Å². The van der Waals surface area contributed by atoms with E-state index in [-0.39, 0.29) is 0 Å². The molecule has 1 saturated carbocycles. The lowest BCUT2D eigenvalue weighted by atomic mass is 10.4. The second-order valence-corrected chi connectivity index (χ2v) is 4.78. The molecule has 0 spiro atoms. The van der Waals surface area contributed by atoms with Crippen molar-refractivity contribution in [2.24, 2.45) is 5.92 Å². The van der Waals surface area contributed by atoms with Gasteiger partial charge in [0.05, 0.1) is 5.69 Å². The zero-order valence-corrected chi connectivity index (χ0v) is 10.9. The van der Waals surface area contributed by atoms with Crippen molar-refractivity contribution in [3.8, 4) is 0 Å². The number of nitrogens with one attached hydrogen (secondary N) is 1. The molecule has 0 saturated heterocycles. The third-order valence-corrected chi connectivity index (χ3v) is 3.00. The highest BCUT2D eigenvalue weighted by atomic mass is 16.5. The minimum Gasteiger partial charge on any atom is -0.382 e. The van der Waals surface area contributed by atoms with Gasteiger partial charge in [-0.3, -0.25) is 0 Å². The highest BCUT2D eigenvalue weighted by Gasteiger charge is 2.22. The smallest absolute Gasteiger partial charge is 0.203 e. The average molecular weight is 237 g/mol. The van der Waals surface area contributed by atoms with Crippen LogP contribution in [0.25, 0.3) is 0 Å². The topological polar surface area (TPSA) is 39.1 Å². The largest absolute Gasteiger partial charge is 0.382 e. The lowest BCUT2D eigenvalue weighted by Gasteiger charge is -2.09. The summed E-state index contributed by atoms with van der Waals surface area (Å²) in [5.41, 5.74) is 1.10. The number of anilines is 1. The fourth-order valence-corrected chi connectivity index (χ4v) is 1.92. The normalized spacial score (nSPS) is 15.2. The van der Waals surface area contributed by atoms with Crippen LogP contribution in [-0.2, 0) is 11.3 Å². The van der Waals surface area contributed by atoms with Crippen LogP contribution in [0.5, 0.6) is 0 Å². The van der Waals surface area contributed by atoms with Crippen LogP contribution >= 0.6 is 0 Å². The summed E-state index contributed by atoms with van der Waals surface area (Å²) in [6.07, 6.45) is 5.92. The zero-order chi connectivity index (χ0) is 12.1. The van der Waals surface area contributed by atoms with E-state index in [0.29, 0.717) is 0 Å². The van der Waals surface area contributed by atoms with Gasteiger partial charge >= 0.3 is 0 Å². The van der Waals surface area contributed by atoms with Gasteiger partial charge in [-0.1, -0.05) is 0 Å². The van der Waals surface area contributed by atoms with E-state index in [1.807, 2.05) is 6.92 Å². The molecule has 0 amide bonds. The maximum atomic E-state index is 5.31. The van der Waals surface area contributed by atoms with E-state index in [1.54, 1.807) is 0 Å². The molecule has 1 aliphatic carbocycles. The van der Waals surface area contributed by atoms with Crippen molar-refractivity contribution >= 4 is 5.95 Å². The maximum absolute atomic E-state index is 5.31. The van der Waals surface area contributed by atoms with Crippen molar-refractivity contribution in [3.63, 3.8) is 0 Å². The summed E-state index contributed by atoms with van der Waals surface area (Å²) >= 11 is 0. The van der Waals surface area contributed by atoms with Crippen LogP contribution in [0.3, 0.4) is 0 Å². The Morgan fingerprint density at radius 1 is 1.53 bits per heavy atom. The predicted molar refractivity (Wildman–Crippen MR) is 69.3 cm³/mol. The third-order valence-electron chi connectivity index (χ3n) is 3.00. The zero-order valence-electron chi connectivity index (χ0n) is 10.9. The van der Waals surface area contributed by atoms with Crippen LogP contribution in [0.2, 0.25) is 0 Å². The number of imidazole rings is 1. The van der Waals surface area contributed by atoms with Crippen molar-refractivity contribution in [1.82, 2.24) is 9.55 Å². The molecule has 0 aliphatic heterocycles. The number of nitrogens with zero attached hydrogens (tertiary/aromatic N) is 2. The Morgan fingerprint density at radius 3 is 3.06 bits per heavy atom. The Kier molecular flexibility index (Phi) is 4.42. The number of aryl methyl sites for hydroxylation is 1. The van der Waals surface area contributed by atoms with Gasteiger partial charge in [0.2, 0.25) is 5.95 Å². The lowest BCUT2D eigenvalue weighted by molar-refractivity contribution is 0.147. The summed E-state index contributed by atoms with van der Waals surface area (Å²) < 4.78 is 7.57. The third kappa shape index (κ3) is 4.04. The van der Waals surface area contributed by atoms with Crippen LogP contribution in [-0.4, -0.2) is 29.3 Å². The van der Waals surface area contributed by atoms with Crippen molar-refractivity contribution in [2.75, 3.05) is 25.1 Å². The molecule has 1 fully saturated rings. The number of ether oxygens (including phenoxy) is 1. The number of hydrogen-bond donors (Lipinski definition) is 1. The van der Waals surface area contributed by atoms with Crippen molar-refractivity contribution in [1.29, 1.82) is 0 Å². The number of aromatic nitrogens is 2. The molecule has 0 unspecified atom stereocenters. The second kappa shape index (κ2) is 6.05. The molecule has 96 valence electrons. The van der Waals surface area contributed by atoms with Crippen LogP contribution in [0.4, 0.5) is 5.95 Å². The fourth-order valence-electron chi connectivity index (χ4n) is 1.92. The molecule has 1 aromatic rings. The number of rotatable bonds is 8. The molecule has 1 heterocycles. The first-order chi connectivity index (χ1) is 8.29. The fraction of sp³-hybridized carbons (Fsp3) is 0.769. The van der Waals surface area contributed by atoms with Gasteiger partial charge in [0.25, 0.3) is 0 Å². The molecule has 0 bridgehead atoms. The molecule has 0 atom stereocenters. The molecule has 4 heteroatoms. The van der Waals surface area contributed by atoms with Gasteiger partial charge in [-0.25, -0.2) is 4.98 Å². The number of hydrogen-bond acceptors (Lipinski definition) is 3. The van der Waals surface area contributed by atoms with Crippen LogP contribution in [0.1, 0.15) is 31.9 Å². The van der Waals surface area contributed by atoms with Gasteiger partial charge in [-0.15, -0.1) is 0 Å². The van der Waals surface area contributed by atoms with E-state index in [2.05, 4.69) is 28.0 Å². The molecule has 1 N–H and O–H groups in total. The monoisotopic (exact) mass is 237 g/mol. The van der Waals surface area contributed by atoms with Gasteiger partial charge in [-0.2, -0.15) is 0 Å². The van der Waals surface area contributed by atoms with Crippen LogP contribution in [0, 0.1) is 12.8 Å². The summed E-state index contributed by atoms with van der Waals surface area (Å²) in [5, 5.41) is 3.40. The Morgan fingerprint density at radius 2 is 2.35 bits per heavy atom. The van der Waals surface area contributed by atoms with Crippen LogP contribution < -0.4 is 5.32 Å². The lowest BCUT2D eigenvalue weighted by Crippen LogP contribution is -2.11. The quantitative estimate of drug-likeness (QED) is 0.706. The van der Waals surface area contributed by atoms with Crippen molar-refractivity contribution < 1.29 is 4.74 Å². The Bertz CT molecular complexity index is 344. The standard InChI is InChI=1S/C13H23N3O/c1-3-17-8-4-7-14-13-15-11(2)9-16(13)10-12-5-6-12/h9,12H,3-8,10H2,1-2H3,(H,14,15). The molecule has 17 heavy (non-hydrogen) atoms. The molecule has 1 aromatic heterocycles. The van der Waals surface area contributed by atoms with Crippen molar-refractivity contribution in [2.45, 2.75) is 39.7 Å². The highest BCUT2D eigenvalue weighted by Crippen LogP contribution is 2.31. The molecular formula is C13H23N3O. The summed E-state index contributed by atoms with van der Waals surface area (Å²) in [7, 11) is 0. The van der Waals surface area contributed by atoms with E-state index in [9.17, 15) is 0 Å². The van der Waals surface area contributed by atoms with Gasteiger partial charge in [-0.05, 0) is 39.0 Å². The minimum absolute atomic E-state index is 0.801. The van der Waals surface area contributed by atoms with Gasteiger partial charge < -0.3 is 14.6 Å². The van der Waals surface area contributed by atoms with E-state index in [1.165, 1.54) is 12.8 Å². The molecule has 4 nitrogen and oxygen atoms in total. The molecule has 2 rings (SSSR count). The maximum Gasteiger partial charge on any atom is 0.203 e. The Balaban J connectivity index is 1.77. The van der Waals surface area contributed by atoms with Gasteiger partial charge in [0.1, 0.15) is 0 Å². The summed E-state index contributed by atoms with van der Waals surface area (Å²) in [4.78, 5) is 4.52. The van der Waals surface area contributed by atoms with E-state index in [4.69, 9.17) is 4.74 Å². The van der Waals surface area contributed by atoms with E-state index < -0.39 is 0 Å². The Labute approximate surface area is 103 Å². The first-order valence-electron chi connectivity index (χ1n) is 6.65. The molecule has 0 radical (unpaired) electrons. The van der Waals surface area contributed by atoms with E-state index in [0.717, 1.165) is 50.3 Å². The first kappa shape index (κ1) is 12.4. The first-order valence-corrected chi connectivity index (χ1v) is 6.65. The summed E-state index contributed by atoms with van der Waals surface area (Å²) in [5.74, 6) is 1.90. The summed E-state index contributed by atoms with van der Waals surface area (Å²) in [6.45, 7) is 7.75. The molecular weight excluding hydrogens is 214 g/mol. The van der Waals surface area contributed by atoms with Gasteiger partial charge in [0, 0.05) is 32.5 Å². The molecule has 0 aromatic carbocycles. The highest BCUT2D eigenvalue weighted by molar-refractivity contribution is 5.28. The molecule has 1 aliphatic rings. The van der Waals surface area contributed by atoms with Crippen molar-refractivity contribution in [3.05, 3.63) is 11.9 Å². The predicted octanol–water partition coefficient (Wildman–Crippen LogP) is 2.44. The van der Waals surface area contributed by atoms with E-state index >= 15 is 0 Å². The SMILES string of the molecule is CCOCCCNc1nc(C)cn1CC1CC1. The summed E-state index contributed by atoms with van der Waals surface area (Å²) in [6, 6.07) is 0. The minimum atomic E-state index is 0.801. The Hall–Kier alpha value is -1.03.